The Morgan fingerprint density at radius 2 is 2.21 bits per heavy atom. The van der Waals surface area contributed by atoms with E-state index in [4.69, 9.17) is 9.84 Å². The largest absolute Gasteiger partial charge is 0.481 e. The Balaban J connectivity index is 2.25. The van der Waals surface area contributed by atoms with E-state index >= 15 is 0 Å². The molecule has 2 unspecified atom stereocenters. The number of rotatable bonds is 4. The fraction of sp³-hybridized carbons (Fsp3) is 0.556. The van der Waals surface area contributed by atoms with Crippen molar-refractivity contribution in [3.8, 4) is 0 Å². The number of H-pyrrole nitrogens is 1. The van der Waals surface area contributed by atoms with Gasteiger partial charge in [-0.05, 0) is 6.92 Å². The van der Waals surface area contributed by atoms with Gasteiger partial charge in [0.1, 0.15) is 0 Å². The first kappa shape index (κ1) is 14.2. The molecule has 2 rings (SSSR count). The van der Waals surface area contributed by atoms with Gasteiger partial charge in [0, 0.05) is 5.69 Å². The van der Waals surface area contributed by atoms with Crippen molar-refractivity contribution in [3.63, 3.8) is 0 Å². The molecule has 0 aliphatic carbocycles. The summed E-state index contributed by atoms with van der Waals surface area (Å²) in [4.78, 5) is 23.9. The van der Waals surface area contributed by atoms with Crippen molar-refractivity contribution in [3.05, 3.63) is 15.4 Å². The third kappa shape index (κ3) is 2.86. The van der Waals surface area contributed by atoms with Crippen LogP contribution in [0.25, 0.3) is 0 Å². The molecule has 1 aromatic heterocycles. The van der Waals surface area contributed by atoms with E-state index in [1.165, 1.54) is 6.92 Å². The maximum absolute atomic E-state index is 12.1. The molecule has 1 fully saturated rings. The maximum atomic E-state index is 12.1. The molecule has 1 aliphatic rings. The smallest absolute Gasteiger partial charge is 0.310 e. The van der Waals surface area contributed by atoms with Gasteiger partial charge in [-0.3, -0.25) is 9.59 Å². The van der Waals surface area contributed by atoms with Crippen molar-refractivity contribution < 1.29 is 23.1 Å². The van der Waals surface area contributed by atoms with Gasteiger partial charge in [-0.25, -0.2) is 13.1 Å². The topological polar surface area (TPSA) is 126 Å². The van der Waals surface area contributed by atoms with Crippen LogP contribution in [0.5, 0.6) is 0 Å². The van der Waals surface area contributed by atoms with Gasteiger partial charge in [0.05, 0.1) is 25.2 Å². The molecular formula is C9H12N2O6S2. The molecule has 0 saturated carbocycles. The summed E-state index contributed by atoms with van der Waals surface area (Å²) in [5, 5.41) is 8.94. The van der Waals surface area contributed by atoms with Crippen LogP contribution in [-0.4, -0.2) is 43.7 Å². The normalized spacial score (nSPS) is 23.6. The second kappa shape index (κ2) is 5.04. The van der Waals surface area contributed by atoms with E-state index in [1.807, 2.05) is 0 Å². The van der Waals surface area contributed by atoms with Crippen LogP contribution >= 0.6 is 11.3 Å². The summed E-state index contributed by atoms with van der Waals surface area (Å²) in [6.07, 6.45) is 0. The van der Waals surface area contributed by atoms with Crippen LogP contribution in [0.15, 0.2) is 9.00 Å². The van der Waals surface area contributed by atoms with Crippen LogP contribution in [0.4, 0.5) is 0 Å². The highest BCUT2D eigenvalue weighted by Crippen LogP contribution is 2.20. The molecule has 3 N–H and O–H groups in total. The van der Waals surface area contributed by atoms with Crippen LogP contribution in [0, 0.1) is 12.8 Å². The van der Waals surface area contributed by atoms with E-state index in [0.29, 0.717) is 11.3 Å². The molecular weight excluding hydrogens is 296 g/mol. The molecule has 0 radical (unpaired) electrons. The number of thiazole rings is 1. The molecule has 1 aromatic rings. The highest BCUT2D eigenvalue weighted by molar-refractivity contribution is 7.91. The molecule has 0 aromatic carbocycles. The minimum atomic E-state index is -3.93. The SMILES string of the molecule is Cc1[nH]c(=O)sc1S(=O)(=O)NC1COCC1C(=O)O. The number of aliphatic carboxylic acids is 1. The summed E-state index contributed by atoms with van der Waals surface area (Å²) in [5.41, 5.74) is 0.230. The Kier molecular flexibility index (Phi) is 3.76. The van der Waals surface area contributed by atoms with E-state index in [1.54, 1.807) is 0 Å². The first-order valence-corrected chi connectivity index (χ1v) is 7.64. The number of carbonyl (C=O) groups is 1. The van der Waals surface area contributed by atoms with Gasteiger partial charge in [-0.2, -0.15) is 0 Å². The number of nitrogens with one attached hydrogen (secondary N) is 2. The first-order chi connectivity index (χ1) is 8.81. The van der Waals surface area contributed by atoms with Gasteiger partial charge in [0.2, 0.25) is 0 Å². The van der Waals surface area contributed by atoms with E-state index < -0.39 is 32.8 Å². The molecule has 19 heavy (non-hydrogen) atoms. The van der Waals surface area contributed by atoms with Gasteiger partial charge in [-0.15, -0.1) is 0 Å². The Morgan fingerprint density at radius 3 is 2.74 bits per heavy atom. The van der Waals surface area contributed by atoms with Gasteiger partial charge >= 0.3 is 10.8 Å². The van der Waals surface area contributed by atoms with Crippen molar-refractivity contribution in [2.75, 3.05) is 13.2 Å². The Morgan fingerprint density at radius 1 is 1.53 bits per heavy atom. The number of aromatic nitrogens is 1. The maximum Gasteiger partial charge on any atom is 0.310 e. The lowest BCUT2D eigenvalue weighted by atomic mass is 10.1. The lowest BCUT2D eigenvalue weighted by Crippen LogP contribution is -2.42. The van der Waals surface area contributed by atoms with Crippen LogP contribution in [0.2, 0.25) is 0 Å². The summed E-state index contributed by atoms with van der Waals surface area (Å²) in [6.45, 7) is 1.42. The highest BCUT2D eigenvalue weighted by atomic mass is 32.2. The average molecular weight is 308 g/mol. The standard InChI is InChI=1S/C9H12N2O6S2/c1-4-8(18-9(14)10-4)19(15,16)11-6-3-17-2-5(6)7(12)13/h5-6,11H,2-3H2,1H3,(H,10,14)(H,12,13). The molecule has 1 aliphatic heterocycles. The third-order valence-corrected chi connectivity index (χ3v) is 5.82. The zero-order valence-corrected chi connectivity index (χ0v) is 11.5. The zero-order chi connectivity index (χ0) is 14.2. The second-order valence-corrected chi connectivity index (χ2v) is 7.03. The molecule has 106 valence electrons. The molecule has 1 saturated heterocycles. The minimum absolute atomic E-state index is 0.00539. The van der Waals surface area contributed by atoms with Gasteiger partial charge in [-0.1, -0.05) is 11.3 Å². The van der Waals surface area contributed by atoms with Crippen LogP contribution < -0.4 is 9.60 Å². The van der Waals surface area contributed by atoms with E-state index in [9.17, 15) is 18.0 Å². The average Bonchev–Trinajstić information content (AvgIpc) is 2.84. The monoisotopic (exact) mass is 308 g/mol. The summed E-state index contributed by atoms with van der Waals surface area (Å²) >= 11 is 0.564. The van der Waals surface area contributed by atoms with Crippen LogP contribution in [0.1, 0.15) is 5.69 Å². The van der Waals surface area contributed by atoms with E-state index in [-0.39, 0.29) is 23.1 Å². The summed E-state index contributed by atoms with van der Waals surface area (Å²) in [5.74, 6) is -2.05. The molecule has 0 spiro atoms. The van der Waals surface area contributed by atoms with Crippen molar-refractivity contribution in [1.82, 2.24) is 9.71 Å². The number of hydrogen-bond donors (Lipinski definition) is 3. The van der Waals surface area contributed by atoms with Crippen molar-refractivity contribution >= 4 is 27.3 Å². The Hall–Kier alpha value is -1.23. The molecule has 0 amide bonds. The van der Waals surface area contributed by atoms with Crippen molar-refractivity contribution in [2.45, 2.75) is 17.2 Å². The highest BCUT2D eigenvalue weighted by Gasteiger charge is 2.37. The number of carboxylic acids is 1. The summed E-state index contributed by atoms with van der Waals surface area (Å²) in [7, 11) is -3.93. The number of sulfonamides is 1. The lowest BCUT2D eigenvalue weighted by Gasteiger charge is -2.15. The van der Waals surface area contributed by atoms with E-state index in [2.05, 4.69) is 9.71 Å². The van der Waals surface area contributed by atoms with E-state index in [0.717, 1.165) is 0 Å². The van der Waals surface area contributed by atoms with Crippen molar-refractivity contribution in [2.24, 2.45) is 5.92 Å². The minimum Gasteiger partial charge on any atom is -0.481 e. The van der Waals surface area contributed by atoms with Crippen LogP contribution in [-0.2, 0) is 19.6 Å². The number of carboxylic acid groups (broad SMARTS) is 1. The predicted octanol–water partition coefficient (Wildman–Crippen LogP) is -0.877. The third-order valence-electron chi connectivity index (χ3n) is 2.73. The van der Waals surface area contributed by atoms with Crippen molar-refractivity contribution in [1.29, 1.82) is 0 Å². The number of ether oxygens (including phenoxy) is 1. The molecule has 8 nitrogen and oxygen atoms in total. The Labute approximate surface area is 112 Å². The lowest BCUT2D eigenvalue weighted by molar-refractivity contribution is -0.142. The van der Waals surface area contributed by atoms with Gasteiger partial charge in [0.25, 0.3) is 10.0 Å². The molecule has 0 bridgehead atoms. The first-order valence-electron chi connectivity index (χ1n) is 5.34. The Bertz CT molecular complexity index is 646. The fourth-order valence-corrected chi connectivity index (χ4v) is 4.39. The zero-order valence-electron chi connectivity index (χ0n) is 9.87. The molecule has 2 atom stereocenters. The van der Waals surface area contributed by atoms with Crippen LogP contribution in [0.3, 0.4) is 0 Å². The summed E-state index contributed by atoms with van der Waals surface area (Å²) < 4.78 is 31.3. The molecule has 2 heterocycles. The quantitative estimate of drug-likeness (QED) is 0.663. The second-order valence-electron chi connectivity index (χ2n) is 4.14. The number of aromatic amines is 1. The molecule has 10 heteroatoms. The summed E-state index contributed by atoms with van der Waals surface area (Å²) in [6, 6.07) is -0.834. The number of hydrogen-bond acceptors (Lipinski definition) is 6. The number of aryl methyl sites for hydroxylation is 1. The predicted molar refractivity (Wildman–Crippen MR) is 65.7 cm³/mol. The fourth-order valence-electron chi connectivity index (χ4n) is 1.81. The van der Waals surface area contributed by atoms with Gasteiger partial charge < -0.3 is 14.8 Å². The van der Waals surface area contributed by atoms with Gasteiger partial charge in [0.15, 0.2) is 4.21 Å².